The second kappa shape index (κ2) is 6.76. The molecular weight excluding hydrogens is 336 g/mol. The van der Waals surface area contributed by atoms with Gasteiger partial charge in [0.25, 0.3) is 0 Å². The zero-order valence-electron chi connectivity index (χ0n) is 8.87. The van der Waals surface area contributed by atoms with Gasteiger partial charge in [0.05, 0.1) is 10.5 Å². The standard InChI is InChI=1S/C12H12Br2O2/c1-3-6-16-11-8-10(15-2)5-4-9(11)7-12(13)14/h3-5,7-8H,1,6H2,2H3. The Labute approximate surface area is 112 Å². The second-order valence-corrected chi connectivity index (χ2v) is 5.71. The Morgan fingerprint density at radius 2 is 2.19 bits per heavy atom. The van der Waals surface area contributed by atoms with Crippen LogP contribution in [0.4, 0.5) is 0 Å². The molecule has 0 fully saturated rings. The second-order valence-electron chi connectivity index (χ2n) is 2.94. The predicted octanol–water partition coefficient (Wildman–Crippen LogP) is 4.35. The fraction of sp³-hybridized carbons (Fsp3) is 0.167. The molecule has 0 atom stereocenters. The first kappa shape index (κ1) is 13.3. The van der Waals surface area contributed by atoms with E-state index in [1.165, 1.54) is 0 Å². The maximum Gasteiger partial charge on any atom is 0.130 e. The average molecular weight is 348 g/mol. The highest BCUT2D eigenvalue weighted by atomic mass is 79.9. The van der Waals surface area contributed by atoms with Crippen LogP contribution in [0.3, 0.4) is 0 Å². The molecule has 0 spiro atoms. The van der Waals surface area contributed by atoms with E-state index in [0.717, 1.165) is 20.5 Å². The van der Waals surface area contributed by atoms with Crippen LogP contribution in [0, 0.1) is 0 Å². The van der Waals surface area contributed by atoms with E-state index in [0.29, 0.717) is 6.61 Å². The summed E-state index contributed by atoms with van der Waals surface area (Å²) in [7, 11) is 1.63. The number of halogens is 2. The minimum absolute atomic E-state index is 0.466. The van der Waals surface area contributed by atoms with Gasteiger partial charge in [-0.15, -0.1) is 0 Å². The maximum atomic E-state index is 5.55. The fourth-order valence-electron chi connectivity index (χ4n) is 1.15. The molecule has 86 valence electrons. The molecule has 0 aromatic heterocycles. The van der Waals surface area contributed by atoms with E-state index >= 15 is 0 Å². The maximum absolute atomic E-state index is 5.55. The molecule has 0 heterocycles. The molecule has 0 aliphatic rings. The van der Waals surface area contributed by atoms with Crippen molar-refractivity contribution in [1.82, 2.24) is 0 Å². The number of ether oxygens (including phenoxy) is 2. The molecule has 0 amide bonds. The summed E-state index contributed by atoms with van der Waals surface area (Å²) in [6, 6.07) is 5.66. The molecule has 0 aliphatic carbocycles. The average Bonchev–Trinajstić information content (AvgIpc) is 2.27. The van der Waals surface area contributed by atoms with Crippen LogP contribution in [-0.4, -0.2) is 13.7 Å². The molecule has 16 heavy (non-hydrogen) atoms. The lowest BCUT2D eigenvalue weighted by Crippen LogP contribution is -1.95. The topological polar surface area (TPSA) is 18.5 Å². The molecule has 0 bridgehead atoms. The lowest BCUT2D eigenvalue weighted by atomic mass is 10.2. The van der Waals surface area contributed by atoms with E-state index in [1.54, 1.807) is 13.2 Å². The van der Waals surface area contributed by atoms with E-state index in [2.05, 4.69) is 38.4 Å². The molecule has 1 aromatic rings. The van der Waals surface area contributed by atoms with Crippen LogP contribution in [-0.2, 0) is 0 Å². The Kier molecular flexibility index (Phi) is 5.63. The molecular formula is C12H12Br2O2. The number of hydrogen-bond donors (Lipinski definition) is 0. The summed E-state index contributed by atoms with van der Waals surface area (Å²) in [6.07, 6.45) is 3.62. The molecule has 2 nitrogen and oxygen atoms in total. The zero-order valence-corrected chi connectivity index (χ0v) is 12.0. The molecule has 1 aromatic carbocycles. The van der Waals surface area contributed by atoms with E-state index in [-0.39, 0.29) is 0 Å². The van der Waals surface area contributed by atoms with Gasteiger partial charge in [-0.2, -0.15) is 0 Å². The minimum atomic E-state index is 0.466. The molecule has 0 saturated heterocycles. The monoisotopic (exact) mass is 346 g/mol. The normalized spacial score (nSPS) is 9.44. The Bertz CT molecular complexity index is 396. The van der Waals surface area contributed by atoms with Gasteiger partial charge in [0.15, 0.2) is 0 Å². The highest BCUT2D eigenvalue weighted by Crippen LogP contribution is 2.29. The molecule has 4 heteroatoms. The Morgan fingerprint density at radius 1 is 1.44 bits per heavy atom. The third-order valence-electron chi connectivity index (χ3n) is 1.84. The predicted molar refractivity (Wildman–Crippen MR) is 74.5 cm³/mol. The smallest absolute Gasteiger partial charge is 0.130 e. The molecule has 0 N–H and O–H groups in total. The molecule has 0 radical (unpaired) electrons. The minimum Gasteiger partial charge on any atom is -0.497 e. The Balaban J connectivity index is 3.05. The van der Waals surface area contributed by atoms with Gasteiger partial charge in [-0.3, -0.25) is 0 Å². The third kappa shape index (κ3) is 4.02. The van der Waals surface area contributed by atoms with Crippen molar-refractivity contribution in [3.8, 4) is 11.5 Å². The fourth-order valence-corrected chi connectivity index (χ4v) is 1.65. The van der Waals surface area contributed by atoms with E-state index < -0.39 is 0 Å². The van der Waals surface area contributed by atoms with Crippen LogP contribution >= 0.6 is 31.9 Å². The summed E-state index contributed by atoms with van der Waals surface area (Å²) in [5, 5.41) is 0. The quantitative estimate of drug-likeness (QED) is 0.737. The molecule has 0 unspecified atom stereocenters. The number of benzene rings is 1. The van der Waals surface area contributed by atoms with Crippen molar-refractivity contribution >= 4 is 37.9 Å². The van der Waals surface area contributed by atoms with E-state index in [4.69, 9.17) is 9.47 Å². The first-order chi connectivity index (χ1) is 7.67. The summed E-state index contributed by atoms with van der Waals surface area (Å²) in [4.78, 5) is 0. The Morgan fingerprint density at radius 3 is 2.75 bits per heavy atom. The highest BCUT2D eigenvalue weighted by molar-refractivity contribution is 9.28. The van der Waals surface area contributed by atoms with Crippen molar-refractivity contribution in [3.05, 3.63) is 39.8 Å². The lowest BCUT2D eigenvalue weighted by Gasteiger charge is -2.09. The summed E-state index contributed by atoms with van der Waals surface area (Å²) in [5.41, 5.74) is 0.964. The van der Waals surface area contributed by atoms with E-state index in [9.17, 15) is 0 Å². The van der Waals surface area contributed by atoms with Gasteiger partial charge < -0.3 is 9.47 Å². The lowest BCUT2D eigenvalue weighted by molar-refractivity contribution is 0.356. The largest absolute Gasteiger partial charge is 0.497 e. The third-order valence-corrected chi connectivity index (χ3v) is 2.30. The molecule has 0 saturated carbocycles. The molecule has 1 rings (SSSR count). The number of rotatable bonds is 5. The summed E-state index contributed by atoms with van der Waals surface area (Å²) < 4.78 is 11.5. The van der Waals surface area contributed by atoms with Gasteiger partial charge in [0.2, 0.25) is 0 Å². The van der Waals surface area contributed by atoms with Crippen molar-refractivity contribution < 1.29 is 9.47 Å². The first-order valence-electron chi connectivity index (χ1n) is 4.62. The van der Waals surface area contributed by atoms with Gasteiger partial charge in [-0.25, -0.2) is 0 Å². The van der Waals surface area contributed by atoms with Gasteiger partial charge >= 0.3 is 0 Å². The van der Waals surface area contributed by atoms with Crippen LogP contribution < -0.4 is 9.47 Å². The SMILES string of the molecule is C=CCOc1cc(OC)ccc1C=C(Br)Br. The van der Waals surface area contributed by atoms with Gasteiger partial charge in [0, 0.05) is 11.6 Å². The summed E-state index contributed by atoms with van der Waals surface area (Å²) >= 11 is 6.64. The Hall–Kier alpha value is -0.740. The van der Waals surface area contributed by atoms with Crippen molar-refractivity contribution in [2.45, 2.75) is 0 Å². The van der Waals surface area contributed by atoms with Crippen LogP contribution in [0.15, 0.2) is 34.2 Å². The van der Waals surface area contributed by atoms with Crippen LogP contribution in [0.2, 0.25) is 0 Å². The van der Waals surface area contributed by atoms with Crippen LogP contribution in [0.1, 0.15) is 5.56 Å². The van der Waals surface area contributed by atoms with Crippen LogP contribution in [0.5, 0.6) is 11.5 Å². The van der Waals surface area contributed by atoms with E-state index in [1.807, 2.05) is 24.3 Å². The van der Waals surface area contributed by atoms with Gasteiger partial charge in [-0.05, 0) is 50.1 Å². The molecule has 0 aliphatic heterocycles. The van der Waals surface area contributed by atoms with Gasteiger partial charge in [0.1, 0.15) is 18.1 Å². The van der Waals surface area contributed by atoms with Crippen molar-refractivity contribution in [1.29, 1.82) is 0 Å². The van der Waals surface area contributed by atoms with Crippen molar-refractivity contribution in [3.63, 3.8) is 0 Å². The summed E-state index contributed by atoms with van der Waals surface area (Å²) in [6.45, 7) is 4.08. The van der Waals surface area contributed by atoms with Gasteiger partial charge in [-0.1, -0.05) is 12.7 Å². The van der Waals surface area contributed by atoms with Crippen molar-refractivity contribution in [2.24, 2.45) is 0 Å². The highest BCUT2D eigenvalue weighted by Gasteiger charge is 2.03. The van der Waals surface area contributed by atoms with Crippen molar-refractivity contribution in [2.75, 3.05) is 13.7 Å². The first-order valence-corrected chi connectivity index (χ1v) is 6.20. The number of methoxy groups -OCH3 is 1. The zero-order chi connectivity index (χ0) is 12.0. The number of hydrogen-bond acceptors (Lipinski definition) is 2. The van der Waals surface area contributed by atoms with Crippen LogP contribution in [0.25, 0.3) is 6.08 Å². The summed E-state index contributed by atoms with van der Waals surface area (Å²) in [5.74, 6) is 1.53.